The Morgan fingerprint density at radius 3 is 2.74 bits per heavy atom. The van der Waals surface area contributed by atoms with Crippen LogP contribution < -0.4 is 11.1 Å². The van der Waals surface area contributed by atoms with Gasteiger partial charge >= 0.3 is 0 Å². The molecule has 2 saturated carbocycles. The third kappa shape index (κ3) is 4.83. The summed E-state index contributed by atoms with van der Waals surface area (Å²) in [5, 5.41) is 3.50. The molecule has 0 radical (unpaired) electrons. The molecule has 0 heterocycles. The Morgan fingerprint density at radius 2 is 1.95 bits per heavy atom. The van der Waals surface area contributed by atoms with Crippen molar-refractivity contribution in [2.45, 2.75) is 77.2 Å². The van der Waals surface area contributed by atoms with Crippen LogP contribution in [0.25, 0.3) is 0 Å². The highest BCUT2D eigenvalue weighted by atomic mass is 14.8. The average molecular weight is 264 g/mol. The zero-order valence-electron chi connectivity index (χ0n) is 12.7. The Hall–Kier alpha value is -0.500. The van der Waals surface area contributed by atoms with E-state index in [1.54, 1.807) is 0 Å². The summed E-state index contributed by atoms with van der Waals surface area (Å²) in [5.74, 6) is 1.94. The van der Waals surface area contributed by atoms with E-state index in [9.17, 15) is 0 Å². The van der Waals surface area contributed by atoms with Crippen LogP contribution in [-0.4, -0.2) is 12.6 Å². The van der Waals surface area contributed by atoms with Gasteiger partial charge in [0.25, 0.3) is 0 Å². The fourth-order valence-electron chi connectivity index (χ4n) is 3.73. The molecule has 0 aromatic heterocycles. The van der Waals surface area contributed by atoms with Gasteiger partial charge in [0.2, 0.25) is 0 Å². The third-order valence-corrected chi connectivity index (χ3v) is 5.18. The lowest BCUT2D eigenvalue weighted by molar-refractivity contribution is 0.238. The van der Waals surface area contributed by atoms with Crippen LogP contribution in [0, 0.1) is 11.8 Å². The van der Waals surface area contributed by atoms with Gasteiger partial charge < -0.3 is 11.1 Å². The SMILES string of the molecule is C[C@H]1CCCCC1CCCN/C=C1\CCCC[C@H]1N. The van der Waals surface area contributed by atoms with Gasteiger partial charge in [-0.15, -0.1) is 0 Å². The number of hydrogen-bond donors (Lipinski definition) is 2. The summed E-state index contributed by atoms with van der Waals surface area (Å²) in [7, 11) is 0. The minimum Gasteiger partial charge on any atom is -0.391 e. The predicted octanol–water partition coefficient (Wildman–Crippen LogP) is 3.97. The van der Waals surface area contributed by atoms with Crippen molar-refractivity contribution in [3.8, 4) is 0 Å². The summed E-state index contributed by atoms with van der Waals surface area (Å²) < 4.78 is 0. The van der Waals surface area contributed by atoms with E-state index in [2.05, 4.69) is 18.4 Å². The van der Waals surface area contributed by atoms with Crippen molar-refractivity contribution in [2.75, 3.05) is 6.54 Å². The minimum absolute atomic E-state index is 0.319. The van der Waals surface area contributed by atoms with Gasteiger partial charge in [0.15, 0.2) is 0 Å². The Balaban J connectivity index is 1.59. The van der Waals surface area contributed by atoms with E-state index >= 15 is 0 Å². The molecule has 110 valence electrons. The smallest absolute Gasteiger partial charge is 0.0270 e. The van der Waals surface area contributed by atoms with E-state index in [1.165, 1.54) is 69.8 Å². The second-order valence-electron chi connectivity index (χ2n) is 6.69. The van der Waals surface area contributed by atoms with Crippen LogP contribution in [0.1, 0.15) is 71.1 Å². The van der Waals surface area contributed by atoms with E-state index in [4.69, 9.17) is 5.73 Å². The quantitative estimate of drug-likeness (QED) is 0.737. The van der Waals surface area contributed by atoms with Crippen LogP contribution in [0.3, 0.4) is 0 Å². The molecule has 0 spiro atoms. The number of rotatable bonds is 5. The average Bonchev–Trinajstić information content (AvgIpc) is 2.42. The number of nitrogens with one attached hydrogen (secondary N) is 1. The molecule has 2 aliphatic carbocycles. The maximum Gasteiger partial charge on any atom is 0.0270 e. The van der Waals surface area contributed by atoms with Crippen molar-refractivity contribution in [1.29, 1.82) is 0 Å². The Labute approximate surface area is 119 Å². The van der Waals surface area contributed by atoms with E-state index in [1.807, 2.05) is 0 Å². The lowest BCUT2D eigenvalue weighted by atomic mass is 9.78. The highest BCUT2D eigenvalue weighted by Crippen LogP contribution is 2.32. The van der Waals surface area contributed by atoms with Crippen molar-refractivity contribution >= 4 is 0 Å². The lowest BCUT2D eigenvalue weighted by Gasteiger charge is -2.28. The van der Waals surface area contributed by atoms with Crippen molar-refractivity contribution in [1.82, 2.24) is 5.32 Å². The molecule has 0 aromatic rings. The fraction of sp³-hybridized carbons (Fsp3) is 0.882. The monoisotopic (exact) mass is 264 g/mol. The van der Waals surface area contributed by atoms with Crippen LogP contribution in [0.4, 0.5) is 0 Å². The summed E-state index contributed by atoms with van der Waals surface area (Å²) in [6, 6.07) is 0.319. The van der Waals surface area contributed by atoms with Crippen LogP contribution in [-0.2, 0) is 0 Å². The Bertz CT molecular complexity index is 285. The second-order valence-corrected chi connectivity index (χ2v) is 6.69. The maximum atomic E-state index is 6.12. The third-order valence-electron chi connectivity index (χ3n) is 5.18. The van der Waals surface area contributed by atoms with Gasteiger partial charge in [-0.3, -0.25) is 0 Å². The molecule has 2 rings (SSSR count). The van der Waals surface area contributed by atoms with Crippen LogP contribution in [0.2, 0.25) is 0 Å². The van der Waals surface area contributed by atoms with Gasteiger partial charge in [-0.25, -0.2) is 0 Å². The summed E-state index contributed by atoms with van der Waals surface area (Å²) in [6.07, 6.45) is 15.8. The molecule has 19 heavy (non-hydrogen) atoms. The first kappa shape index (κ1) is 14.9. The molecule has 2 fully saturated rings. The van der Waals surface area contributed by atoms with Gasteiger partial charge in [0.1, 0.15) is 0 Å². The van der Waals surface area contributed by atoms with Crippen molar-refractivity contribution in [2.24, 2.45) is 17.6 Å². The maximum absolute atomic E-state index is 6.12. The predicted molar refractivity (Wildman–Crippen MR) is 82.9 cm³/mol. The van der Waals surface area contributed by atoms with Crippen molar-refractivity contribution in [3.05, 3.63) is 11.8 Å². The van der Waals surface area contributed by atoms with E-state index in [0.29, 0.717) is 6.04 Å². The van der Waals surface area contributed by atoms with Crippen LogP contribution in [0.15, 0.2) is 11.8 Å². The van der Waals surface area contributed by atoms with Gasteiger partial charge in [0.05, 0.1) is 0 Å². The zero-order valence-corrected chi connectivity index (χ0v) is 12.7. The molecule has 0 amide bonds. The second kappa shape index (κ2) is 7.94. The fourth-order valence-corrected chi connectivity index (χ4v) is 3.73. The molecule has 0 aliphatic heterocycles. The van der Waals surface area contributed by atoms with Gasteiger partial charge in [-0.2, -0.15) is 0 Å². The molecule has 1 unspecified atom stereocenters. The molecule has 3 N–H and O–H groups in total. The molecular weight excluding hydrogens is 232 g/mol. The van der Waals surface area contributed by atoms with E-state index < -0.39 is 0 Å². The number of nitrogens with two attached hydrogens (primary N) is 1. The van der Waals surface area contributed by atoms with Gasteiger partial charge in [-0.1, -0.05) is 39.0 Å². The molecule has 2 aliphatic rings. The first-order valence-corrected chi connectivity index (χ1v) is 8.45. The highest BCUT2D eigenvalue weighted by molar-refractivity contribution is 5.11. The number of hydrogen-bond acceptors (Lipinski definition) is 2. The largest absolute Gasteiger partial charge is 0.391 e. The highest BCUT2D eigenvalue weighted by Gasteiger charge is 2.20. The molecule has 2 nitrogen and oxygen atoms in total. The summed E-state index contributed by atoms with van der Waals surface area (Å²) in [5.41, 5.74) is 7.56. The van der Waals surface area contributed by atoms with Crippen molar-refractivity contribution in [3.63, 3.8) is 0 Å². The van der Waals surface area contributed by atoms with Crippen LogP contribution in [0.5, 0.6) is 0 Å². The van der Waals surface area contributed by atoms with Crippen LogP contribution >= 0.6 is 0 Å². The molecule has 0 aromatic carbocycles. The summed E-state index contributed by atoms with van der Waals surface area (Å²) in [4.78, 5) is 0. The van der Waals surface area contributed by atoms with Crippen molar-refractivity contribution < 1.29 is 0 Å². The lowest BCUT2D eigenvalue weighted by Crippen LogP contribution is -2.27. The summed E-state index contributed by atoms with van der Waals surface area (Å²) in [6.45, 7) is 3.57. The molecule has 3 atom stereocenters. The molecular formula is C17H32N2. The Morgan fingerprint density at radius 1 is 1.16 bits per heavy atom. The minimum atomic E-state index is 0.319. The van der Waals surface area contributed by atoms with Gasteiger partial charge in [-0.05, 0) is 55.7 Å². The molecule has 0 bridgehead atoms. The first-order valence-electron chi connectivity index (χ1n) is 8.45. The topological polar surface area (TPSA) is 38.0 Å². The molecule has 2 heteroatoms. The zero-order chi connectivity index (χ0) is 13.5. The molecule has 0 saturated heterocycles. The standard InChI is InChI=1S/C17H32N2/c1-14-7-2-3-8-15(14)10-6-12-19-13-16-9-4-5-11-17(16)18/h13-15,17,19H,2-12,18H2,1H3/b16-13+/t14-,15?,17+/m0/s1. The first-order chi connectivity index (χ1) is 9.27. The van der Waals surface area contributed by atoms with E-state index in [0.717, 1.165) is 18.4 Å². The normalized spacial score (nSPS) is 34.4. The van der Waals surface area contributed by atoms with E-state index in [-0.39, 0.29) is 0 Å². The Kier molecular flexibility index (Phi) is 6.22. The van der Waals surface area contributed by atoms with Gasteiger partial charge in [0, 0.05) is 12.6 Å². The summed E-state index contributed by atoms with van der Waals surface area (Å²) >= 11 is 0.